The van der Waals surface area contributed by atoms with Crippen molar-refractivity contribution in [3.8, 4) is 0 Å². The van der Waals surface area contributed by atoms with Gasteiger partial charge in [0.15, 0.2) is 5.28 Å². The molecule has 0 aromatic rings. The van der Waals surface area contributed by atoms with E-state index in [0.29, 0.717) is 11.5 Å². The van der Waals surface area contributed by atoms with Gasteiger partial charge in [-0.2, -0.15) is 0 Å². The van der Waals surface area contributed by atoms with Crippen molar-refractivity contribution in [1.29, 1.82) is 0 Å². The van der Waals surface area contributed by atoms with Gasteiger partial charge in [0.2, 0.25) is 0 Å². The van der Waals surface area contributed by atoms with Gasteiger partial charge in [0.25, 0.3) is 0 Å². The van der Waals surface area contributed by atoms with E-state index >= 15 is 0 Å². The van der Waals surface area contributed by atoms with Crippen LogP contribution in [0, 0.1) is 5.41 Å². The molecular weight excluding hydrogens is 229 g/mol. The van der Waals surface area contributed by atoms with E-state index in [2.05, 4.69) is 0 Å². The summed E-state index contributed by atoms with van der Waals surface area (Å²) in [6, 6.07) is 0. The Morgan fingerprint density at radius 2 is 1.62 bits per heavy atom. The van der Waals surface area contributed by atoms with Gasteiger partial charge in [0, 0.05) is 5.54 Å². The number of hydrogen-bond acceptors (Lipinski definition) is 2. The molecule has 2 N–H and O–H groups in total. The van der Waals surface area contributed by atoms with Crippen molar-refractivity contribution in [2.75, 3.05) is 0 Å². The van der Waals surface area contributed by atoms with Crippen molar-refractivity contribution in [3.05, 3.63) is 0 Å². The van der Waals surface area contributed by atoms with Crippen LogP contribution >= 0.6 is 7.60 Å². The van der Waals surface area contributed by atoms with E-state index in [1.165, 1.54) is 0 Å². The highest BCUT2D eigenvalue weighted by Gasteiger charge is 2.66. The van der Waals surface area contributed by atoms with Crippen LogP contribution in [0.15, 0.2) is 0 Å². The smallest absolute Gasteiger partial charge is 0.323 e. The van der Waals surface area contributed by atoms with E-state index in [4.69, 9.17) is 0 Å². The van der Waals surface area contributed by atoms with Crippen LogP contribution in [0.2, 0.25) is 0 Å². The molecule has 1 atom stereocenters. The summed E-state index contributed by atoms with van der Waals surface area (Å²) < 4.78 is 11.8. The van der Waals surface area contributed by atoms with Crippen molar-refractivity contribution < 1.29 is 19.6 Å². The third-order valence-corrected chi connectivity index (χ3v) is 5.69. The van der Waals surface area contributed by atoms with Gasteiger partial charge >= 0.3 is 7.60 Å². The van der Waals surface area contributed by atoms with Gasteiger partial charge in [-0.05, 0) is 32.1 Å². The normalized spacial score (nSPS) is 32.0. The summed E-state index contributed by atoms with van der Waals surface area (Å²) in [7, 11) is -4.49. The van der Waals surface area contributed by atoms with Gasteiger partial charge in [-0.25, -0.2) is 0 Å². The fraction of sp³-hybridized carbons (Fsp3) is 1.00. The molecule has 1 aliphatic heterocycles. The molecule has 0 amide bonds. The molecule has 16 heavy (non-hydrogen) atoms. The van der Waals surface area contributed by atoms with Crippen LogP contribution in [0.1, 0.15) is 47.5 Å². The highest BCUT2D eigenvalue weighted by atomic mass is 31.2. The van der Waals surface area contributed by atoms with Crippen LogP contribution in [-0.2, 0) is 9.77 Å². The molecular formula is C10H21NO4P. The third-order valence-electron chi connectivity index (χ3n) is 3.65. The van der Waals surface area contributed by atoms with E-state index in [1.807, 2.05) is 0 Å². The predicted octanol–water partition coefficient (Wildman–Crippen LogP) is 2.13. The molecule has 1 saturated heterocycles. The Bertz CT molecular complexity index is 330. The van der Waals surface area contributed by atoms with Crippen LogP contribution < -0.4 is 0 Å². The molecule has 95 valence electrons. The Morgan fingerprint density at radius 3 is 1.75 bits per heavy atom. The van der Waals surface area contributed by atoms with Crippen molar-refractivity contribution in [2.24, 2.45) is 5.41 Å². The van der Waals surface area contributed by atoms with E-state index < -0.39 is 23.8 Å². The molecule has 1 aliphatic rings. The molecule has 1 rings (SSSR count). The van der Waals surface area contributed by atoms with E-state index in [1.54, 1.807) is 34.6 Å². The first-order valence-corrected chi connectivity index (χ1v) is 7.01. The lowest BCUT2D eigenvalue weighted by molar-refractivity contribution is -0.254. The summed E-state index contributed by atoms with van der Waals surface area (Å²) in [6.07, 6.45) is 0.732. The summed E-state index contributed by atoms with van der Waals surface area (Å²) in [6.45, 7) is 8.57. The van der Waals surface area contributed by atoms with Crippen LogP contribution in [-0.4, -0.2) is 25.7 Å². The Balaban J connectivity index is 3.37. The number of rotatable bonds is 1. The van der Waals surface area contributed by atoms with Gasteiger partial charge in [0.1, 0.15) is 0 Å². The zero-order valence-electron chi connectivity index (χ0n) is 10.5. The van der Waals surface area contributed by atoms with E-state index in [0.717, 1.165) is 0 Å². The van der Waals surface area contributed by atoms with Crippen molar-refractivity contribution in [3.63, 3.8) is 0 Å². The topological polar surface area (TPSA) is 80.7 Å². The van der Waals surface area contributed by atoms with E-state index in [-0.39, 0.29) is 6.42 Å². The first-order valence-electron chi connectivity index (χ1n) is 5.39. The summed E-state index contributed by atoms with van der Waals surface area (Å²) in [5.41, 5.74) is -1.48. The zero-order valence-corrected chi connectivity index (χ0v) is 11.4. The molecule has 0 aromatic heterocycles. The molecule has 0 bridgehead atoms. The Hall–Kier alpha value is 0.0700. The average molecular weight is 250 g/mol. The maximum atomic E-state index is 12.3. The summed E-state index contributed by atoms with van der Waals surface area (Å²) in [5, 5.41) is 11.3. The second kappa shape index (κ2) is 3.53. The zero-order chi connectivity index (χ0) is 13.0. The first-order chi connectivity index (χ1) is 6.86. The predicted molar refractivity (Wildman–Crippen MR) is 60.1 cm³/mol. The summed E-state index contributed by atoms with van der Waals surface area (Å²) in [5.74, 6) is 0. The Labute approximate surface area is 96.6 Å². The van der Waals surface area contributed by atoms with Crippen LogP contribution in [0.3, 0.4) is 0 Å². The highest BCUT2D eigenvalue weighted by molar-refractivity contribution is 7.53. The lowest BCUT2D eigenvalue weighted by atomic mass is 9.85. The molecule has 6 heteroatoms. The Morgan fingerprint density at radius 1 is 1.19 bits per heavy atom. The SMILES string of the molecule is CC1(C)CCC(C(C)(C)C)(P(=O)(O)O)N1[O]. The quantitative estimate of drug-likeness (QED) is 0.698. The summed E-state index contributed by atoms with van der Waals surface area (Å²) in [4.78, 5) is 19.2. The maximum absolute atomic E-state index is 12.3. The van der Waals surface area contributed by atoms with Gasteiger partial charge < -0.3 is 9.79 Å². The first kappa shape index (κ1) is 14.1. The largest absolute Gasteiger partial charge is 0.348 e. The minimum atomic E-state index is -4.49. The highest BCUT2D eigenvalue weighted by Crippen LogP contribution is 2.67. The maximum Gasteiger partial charge on any atom is 0.348 e. The van der Waals surface area contributed by atoms with Crippen molar-refractivity contribution in [1.82, 2.24) is 5.06 Å². The van der Waals surface area contributed by atoms with Crippen molar-refractivity contribution in [2.45, 2.75) is 58.3 Å². The van der Waals surface area contributed by atoms with Gasteiger partial charge in [-0.15, -0.1) is 10.3 Å². The van der Waals surface area contributed by atoms with Crippen molar-refractivity contribution >= 4 is 7.60 Å². The second-order valence-electron chi connectivity index (χ2n) is 6.22. The summed E-state index contributed by atoms with van der Waals surface area (Å²) >= 11 is 0. The monoisotopic (exact) mass is 250 g/mol. The average Bonchev–Trinajstić information content (AvgIpc) is 2.21. The molecule has 1 fully saturated rings. The van der Waals surface area contributed by atoms with Crippen LogP contribution in [0.4, 0.5) is 0 Å². The molecule has 1 unspecified atom stereocenters. The van der Waals surface area contributed by atoms with Gasteiger partial charge in [-0.1, -0.05) is 20.8 Å². The van der Waals surface area contributed by atoms with E-state index in [9.17, 15) is 19.6 Å². The molecule has 0 saturated carbocycles. The minimum Gasteiger partial charge on any atom is -0.323 e. The molecule has 0 spiro atoms. The minimum absolute atomic E-state index is 0.233. The molecule has 5 nitrogen and oxygen atoms in total. The molecule has 0 aliphatic carbocycles. The Kier molecular flexibility index (Phi) is 3.12. The fourth-order valence-corrected chi connectivity index (χ4v) is 4.35. The van der Waals surface area contributed by atoms with Crippen LogP contribution in [0.5, 0.6) is 0 Å². The lowest BCUT2D eigenvalue weighted by Crippen LogP contribution is -2.55. The molecule has 1 radical (unpaired) electrons. The fourth-order valence-electron chi connectivity index (χ4n) is 2.56. The van der Waals surface area contributed by atoms with Gasteiger partial charge in [-0.3, -0.25) is 4.57 Å². The second-order valence-corrected chi connectivity index (χ2v) is 8.05. The standard InChI is InChI=1S/C10H21NO4P/c1-8(2,3)10(16(13,14)15)7-6-9(4,5)11(10)12/h6-7H2,1-5H3,(H2,13,14,15). The lowest BCUT2D eigenvalue weighted by Gasteiger charge is -2.46. The number of hydroxylamine groups is 2. The molecule has 0 aromatic carbocycles. The van der Waals surface area contributed by atoms with Gasteiger partial charge in [0.05, 0.1) is 0 Å². The number of hydrogen-bond donors (Lipinski definition) is 2. The van der Waals surface area contributed by atoms with Crippen LogP contribution in [0.25, 0.3) is 0 Å². The number of nitrogens with zero attached hydrogens (tertiary/aromatic N) is 1. The third kappa shape index (κ3) is 1.75. The molecule has 1 heterocycles.